The van der Waals surface area contributed by atoms with E-state index in [1.54, 1.807) is 6.20 Å². The van der Waals surface area contributed by atoms with Gasteiger partial charge in [0.15, 0.2) is 0 Å². The van der Waals surface area contributed by atoms with E-state index in [4.69, 9.17) is 0 Å². The van der Waals surface area contributed by atoms with Gasteiger partial charge in [-0.25, -0.2) is 4.98 Å². The van der Waals surface area contributed by atoms with Crippen molar-refractivity contribution in [3.05, 3.63) is 48.2 Å². The van der Waals surface area contributed by atoms with Crippen molar-refractivity contribution in [2.45, 2.75) is 19.8 Å². The van der Waals surface area contributed by atoms with Gasteiger partial charge >= 0.3 is 0 Å². The lowest BCUT2D eigenvalue weighted by atomic mass is 10.0. The molecule has 3 heteroatoms. The second-order valence-electron chi connectivity index (χ2n) is 4.55. The molecule has 0 spiro atoms. The molecule has 0 saturated carbocycles. The Bertz CT molecular complexity index is 521. The summed E-state index contributed by atoms with van der Waals surface area (Å²) < 4.78 is 0. The second-order valence-corrected chi connectivity index (χ2v) is 4.55. The lowest BCUT2D eigenvalue weighted by Gasteiger charge is -2.14. The maximum atomic E-state index is 4.21. The van der Waals surface area contributed by atoms with Gasteiger partial charge in [0.25, 0.3) is 0 Å². The standard InChI is InChI=1S/C15H19N3/c1-11(2)13-6-4-5-7-14(13)18-12-8-9-17-15(10-12)16-3/h4-11H,1-3H3,(H2,16,17,18). The summed E-state index contributed by atoms with van der Waals surface area (Å²) in [6.07, 6.45) is 1.80. The number of benzene rings is 1. The molecule has 1 aromatic carbocycles. The zero-order chi connectivity index (χ0) is 13.0. The molecule has 94 valence electrons. The molecule has 0 radical (unpaired) electrons. The second kappa shape index (κ2) is 5.54. The molecule has 0 bridgehead atoms. The van der Waals surface area contributed by atoms with Gasteiger partial charge in [0.05, 0.1) is 0 Å². The van der Waals surface area contributed by atoms with Gasteiger partial charge in [0.2, 0.25) is 0 Å². The van der Waals surface area contributed by atoms with E-state index in [9.17, 15) is 0 Å². The molecule has 1 heterocycles. The Morgan fingerprint density at radius 3 is 2.61 bits per heavy atom. The Kier molecular flexibility index (Phi) is 3.82. The highest BCUT2D eigenvalue weighted by molar-refractivity contribution is 5.65. The van der Waals surface area contributed by atoms with Crippen LogP contribution in [0.5, 0.6) is 0 Å². The van der Waals surface area contributed by atoms with Crippen LogP contribution in [0.1, 0.15) is 25.3 Å². The predicted octanol–water partition coefficient (Wildman–Crippen LogP) is 3.99. The fraction of sp³-hybridized carbons (Fsp3) is 0.267. The molecule has 0 saturated heterocycles. The van der Waals surface area contributed by atoms with Gasteiger partial charge in [-0.3, -0.25) is 0 Å². The number of anilines is 3. The van der Waals surface area contributed by atoms with E-state index in [1.165, 1.54) is 5.56 Å². The summed E-state index contributed by atoms with van der Waals surface area (Å²) >= 11 is 0. The number of para-hydroxylation sites is 1. The number of nitrogens with one attached hydrogen (secondary N) is 2. The van der Waals surface area contributed by atoms with Crippen molar-refractivity contribution in [2.24, 2.45) is 0 Å². The van der Waals surface area contributed by atoms with E-state index in [1.807, 2.05) is 25.2 Å². The summed E-state index contributed by atoms with van der Waals surface area (Å²) in [4.78, 5) is 4.21. The summed E-state index contributed by atoms with van der Waals surface area (Å²) in [6, 6.07) is 12.4. The van der Waals surface area contributed by atoms with Crippen LogP contribution in [0.3, 0.4) is 0 Å². The molecular weight excluding hydrogens is 222 g/mol. The average molecular weight is 241 g/mol. The highest BCUT2D eigenvalue weighted by atomic mass is 15.0. The van der Waals surface area contributed by atoms with Crippen molar-refractivity contribution >= 4 is 17.2 Å². The van der Waals surface area contributed by atoms with E-state index < -0.39 is 0 Å². The molecule has 0 amide bonds. The maximum Gasteiger partial charge on any atom is 0.127 e. The van der Waals surface area contributed by atoms with E-state index in [0.717, 1.165) is 17.2 Å². The number of aromatic nitrogens is 1. The van der Waals surface area contributed by atoms with Gasteiger partial charge in [-0.1, -0.05) is 32.0 Å². The van der Waals surface area contributed by atoms with Crippen LogP contribution < -0.4 is 10.6 Å². The average Bonchev–Trinajstić information content (AvgIpc) is 2.39. The van der Waals surface area contributed by atoms with Gasteiger partial charge in [0, 0.05) is 30.7 Å². The van der Waals surface area contributed by atoms with E-state index >= 15 is 0 Å². The zero-order valence-corrected chi connectivity index (χ0v) is 11.1. The zero-order valence-electron chi connectivity index (χ0n) is 11.1. The van der Waals surface area contributed by atoms with Crippen LogP contribution in [-0.2, 0) is 0 Å². The number of rotatable bonds is 4. The molecule has 2 N–H and O–H groups in total. The van der Waals surface area contributed by atoms with Crippen LogP contribution in [0.15, 0.2) is 42.6 Å². The predicted molar refractivity (Wildman–Crippen MR) is 77.6 cm³/mol. The van der Waals surface area contributed by atoms with Crippen LogP contribution in [0.4, 0.5) is 17.2 Å². The summed E-state index contributed by atoms with van der Waals surface area (Å²) in [5.41, 5.74) is 3.52. The van der Waals surface area contributed by atoms with Crippen molar-refractivity contribution in [2.75, 3.05) is 17.7 Å². The van der Waals surface area contributed by atoms with Crippen molar-refractivity contribution < 1.29 is 0 Å². The fourth-order valence-electron chi connectivity index (χ4n) is 1.91. The molecule has 3 nitrogen and oxygen atoms in total. The number of pyridine rings is 1. The number of hydrogen-bond donors (Lipinski definition) is 2. The minimum absolute atomic E-state index is 0.499. The molecule has 0 aliphatic rings. The molecule has 2 rings (SSSR count). The summed E-state index contributed by atoms with van der Waals surface area (Å²) in [5, 5.41) is 6.49. The Labute approximate surface area is 108 Å². The first kappa shape index (κ1) is 12.4. The minimum Gasteiger partial charge on any atom is -0.373 e. The van der Waals surface area contributed by atoms with Crippen LogP contribution in [0.2, 0.25) is 0 Å². The Balaban J connectivity index is 2.28. The molecule has 0 fully saturated rings. The third-order valence-corrected chi connectivity index (χ3v) is 2.88. The smallest absolute Gasteiger partial charge is 0.127 e. The third-order valence-electron chi connectivity index (χ3n) is 2.88. The summed E-state index contributed by atoms with van der Waals surface area (Å²) in [7, 11) is 1.87. The lowest BCUT2D eigenvalue weighted by Crippen LogP contribution is -1.99. The molecule has 0 aliphatic heterocycles. The van der Waals surface area contributed by atoms with Crippen molar-refractivity contribution in [3.8, 4) is 0 Å². The van der Waals surface area contributed by atoms with Crippen molar-refractivity contribution in [3.63, 3.8) is 0 Å². The highest BCUT2D eigenvalue weighted by Crippen LogP contribution is 2.27. The number of nitrogens with zero attached hydrogens (tertiary/aromatic N) is 1. The topological polar surface area (TPSA) is 37.0 Å². The molecule has 0 aliphatic carbocycles. The SMILES string of the molecule is CNc1cc(Nc2ccccc2C(C)C)ccn1. The summed E-state index contributed by atoms with van der Waals surface area (Å²) in [5.74, 6) is 1.36. The molecule has 18 heavy (non-hydrogen) atoms. The van der Waals surface area contributed by atoms with Crippen LogP contribution in [0, 0.1) is 0 Å². The first-order valence-corrected chi connectivity index (χ1v) is 6.20. The first-order valence-electron chi connectivity index (χ1n) is 6.20. The maximum absolute atomic E-state index is 4.21. The van der Waals surface area contributed by atoms with Crippen molar-refractivity contribution in [1.82, 2.24) is 4.98 Å². The first-order chi connectivity index (χ1) is 8.70. The molecule has 1 aromatic heterocycles. The van der Waals surface area contributed by atoms with Crippen LogP contribution in [0.25, 0.3) is 0 Å². The molecule has 0 unspecified atom stereocenters. The molecule has 0 atom stereocenters. The Morgan fingerprint density at radius 2 is 1.89 bits per heavy atom. The van der Waals surface area contributed by atoms with Crippen molar-refractivity contribution in [1.29, 1.82) is 0 Å². The molecule has 2 aromatic rings. The third kappa shape index (κ3) is 2.80. The Morgan fingerprint density at radius 1 is 1.11 bits per heavy atom. The normalized spacial score (nSPS) is 10.4. The van der Waals surface area contributed by atoms with Gasteiger partial charge in [0.1, 0.15) is 5.82 Å². The lowest BCUT2D eigenvalue weighted by molar-refractivity contribution is 0.869. The Hall–Kier alpha value is -2.03. The van der Waals surface area contributed by atoms with Crippen LogP contribution >= 0.6 is 0 Å². The fourth-order valence-corrected chi connectivity index (χ4v) is 1.91. The highest BCUT2D eigenvalue weighted by Gasteiger charge is 2.06. The van der Waals surface area contributed by atoms with Gasteiger partial charge in [-0.2, -0.15) is 0 Å². The van der Waals surface area contributed by atoms with E-state index in [2.05, 4.69) is 47.7 Å². The minimum atomic E-state index is 0.499. The van der Waals surface area contributed by atoms with Gasteiger partial charge in [-0.15, -0.1) is 0 Å². The van der Waals surface area contributed by atoms with E-state index in [-0.39, 0.29) is 0 Å². The van der Waals surface area contributed by atoms with Crippen LogP contribution in [-0.4, -0.2) is 12.0 Å². The monoisotopic (exact) mass is 241 g/mol. The van der Waals surface area contributed by atoms with E-state index in [0.29, 0.717) is 5.92 Å². The number of hydrogen-bond acceptors (Lipinski definition) is 3. The van der Waals surface area contributed by atoms with Gasteiger partial charge < -0.3 is 10.6 Å². The summed E-state index contributed by atoms with van der Waals surface area (Å²) in [6.45, 7) is 4.40. The largest absolute Gasteiger partial charge is 0.373 e. The quantitative estimate of drug-likeness (QED) is 0.849. The molecular formula is C15H19N3. The van der Waals surface area contributed by atoms with Gasteiger partial charge in [-0.05, 0) is 23.6 Å².